The lowest BCUT2D eigenvalue weighted by Crippen LogP contribution is -2.40. The number of ether oxygens (including phenoxy) is 1. The Morgan fingerprint density at radius 2 is 2.05 bits per heavy atom. The number of benzene rings is 1. The summed E-state index contributed by atoms with van der Waals surface area (Å²) in [4.78, 5) is 12.3. The van der Waals surface area contributed by atoms with E-state index in [0.717, 1.165) is 13.0 Å². The third-order valence-corrected chi connectivity index (χ3v) is 4.08. The third-order valence-electron chi connectivity index (χ3n) is 3.85. The van der Waals surface area contributed by atoms with Gasteiger partial charge in [-0.25, -0.2) is 0 Å². The predicted octanol–water partition coefficient (Wildman–Crippen LogP) is 4.83. The highest BCUT2D eigenvalue weighted by Gasteiger charge is 2.19. The van der Waals surface area contributed by atoms with Gasteiger partial charge in [-0.2, -0.15) is 0 Å². The number of carbonyl (C=O) groups excluding carboxylic acids is 1. The first-order valence-corrected chi connectivity index (χ1v) is 8.68. The fraction of sp³-hybridized carbons (Fsp3) is 0.611. The van der Waals surface area contributed by atoms with Gasteiger partial charge >= 0.3 is 0 Å². The van der Waals surface area contributed by atoms with Crippen LogP contribution in [-0.4, -0.2) is 18.6 Å². The Labute approximate surface area is 139 Å². The highest BCUT2D eigenvalue weighted by atomic mass is 35.5. The van der Waals surface area contributed by atoms with Crippen LogP contribution in [0, 0.1) is 5.92 Å². The van der Waals surface area contributed by atoms with E-state index < -0.39 is 6.10 Å². The van der Waals surface area contributed by atoms with Crippen molar-refractivity contribution in [2.45, 2.75) is 59.0 Å². The molecule has 22 heavy (non-hydrogen) atoms. The molecule has 1 amide bonds. The van der Waals surface area contributed by atoms with E-state index >= 15 is 0 Å². The first-order chi connectivity index (χ1) is 10.6. The van der Waals surface area contributed by atoms with Crippen LogP contribution < -0.4 is 10.1 Å². The van der Waals surface area contributed by atoms with Crippen molar-refractivity contribution in [2.24, 2.45) is 5.92 Å². The molecule has 0 fully saturated rings. The van der Waals surface area contributed by atoms with Crippen molar-refractivity contribution >= 4 is 17.5 Å². The zero-order chi connectivity index (χ0) is 16.4. The number of nitrogens with one attached hydrogen (secondary N) is 1. The molecule has 0 radical (unpaired) electrons. The molecule has 1 rings (SSSR count). The van der Waals surface area contributed by atoms with Crippen molar-refractivity contribution in [3.8, 4) is 5.75 Å². The maximum atomic E-state index is 12.3. The van der Waals surface area contributed by atoms with Gasteiger partial charge in [-0.1, -0.05) is 57.7 Å². The predicted molar refractivity (Wildman–Crippen MR) is 92.5 cm³/mol. The Morgan fingerprint density at radius 3 is 2.64 bits per heavy atom. The Morgan fingerprint density at radius 1 is 1.27 bits per heavy atom. The molecule has 0 aliphatic carbocycles. The molecular weight excluding hydrogens is 298 g/mol. The summed E-state index contributed by atoms with van der Waals surface area (Å²) in [6.07, 6.45) is 4.82. The number of rotatable bonds is 10. The number of unbranched alkanes of at least 4 members (excludes halogenated alkanes) is 1. The molecule has 0 aliphatic heterocycles. The number of hydrogen-bond acceptors (Lipinski definition) is 2. The van der Waals surface area contributed by atoms with E-state index in [1.165, 1.54) is 19.3 Å². The summed E-state index contributed by atoms with van der Waals surface area (Å²) >= 11 is 5.94. The van der Waals surface area contributed by atoms with Gasteiger partial charge in [0, 0.05) is 11.6 Å². The smallest absolute Gasteiger partial charge is 0.261 e. The topological polar surface area (TPSA) is 38.3 Å². The Bertz CT molecular complexity index is 450. The van der Waals surface area contributed by atoms with Crippen molar-refractivity contribution in [2.75, 3.05) is 6.54 Å². The largest absolute Gasteiger partial charge is 0.481 e. The number of amides is 1. The quantitative estimate of drug-likeness (QED) is 0.669. The lowest BCUT2D eigenvalue weighted by Gasteiger charge is -2.20. The molecule has 0 unspecified atom stereocenters. The van der Waals surface area contributed by atoms with Gasteiger partial charge in [-0.15, -0.1) is 0 Å². The van der Waals surface area contributed by atoms with Crippen molar-refractivity contribution in [1.29, 1.82) is 0 Å². The standard InChI is InChI=1S/C18H28ClNO2/c1-4-7-9-14(5-2)13-20-18(21)17(6-3)22-16-11-8-10-15(19)12-16/h8,10-12,14,17H,4-7,9,13H2,1-3H3,(H,20,21)/t14-,17-/m0/s1. The van der Waals surface area contributed by atoms with Crippen LogP contribution in [0.5, 0.6) is 5.75 Å². The minimum atomic E-state index is -0.470. The third kappa shape index (κ3) is 6.69. The minimum Gasteiger partial charge on any atom is -0.481 e. The maximum absolute atomic E-state index is 12.3. The molecule has 1 N–H and O–H groups in total. The van der Waals surface area contributed by atoms with E-state index in [1.54, 1.807) is 12.1 Å². The van der Waals surface area contributed by atoms with Gasteiger partial charge < -0.3 is 10.1 Å². The zero-order valence-corrected chi connectivity index (χ0v) is 14.7. The van der Waals surface area contributed by atoms with Crippen LogP contribution in [0.15, 0.2) is 24.3 Å². The SMILES string of the molecule is CCCC[C@H](CC)CNC(=O)[C@H](CC)Oc1cccc(Cl)c1. The van der Waals surface area contributed by atoms with E-state index in [4.69, 9.17) is 16.3 Å². The van der Waals surface area contributed by atoms with Gasteiger partial charge in [0.2, 0.25) is 0 Å². The van der Waals surface area contributed by atoms with E-state index in [9.17, 15) is 4.79 Å². The second kappa shape index (κ2) is 10.5. The first-order valence-electron chi connectivity index (χ1n) is 8.30. The van der Waals surface area contributed by atoms with E-state index in [0.29, 0.717) is 23.1 Å². The van der Waals surface area contributed by atoms with Crippen molar-refractivity contribution in [3.63, 3.8) is 0 Å². The summed E-state index contributed by atoms with van der Waals surface area (Å²) in [6.45, 7) is 7.04. The summed E-state index contributed by atoms with van der Waals surface area (Å²) in [6, 6.07) is 7.15. The molecule has 124 valence electrons. The molecule has 0 aliphatic rings. The van der Waals surface area contributed by atoms with Gasteiger partial charge in [-0.3, -0.25) is 4.79 Å². The summed E-state index contributed by atoms with van der Waals surface area (Å²) in [7, 11) is 0. The van der Waals surface area contributed by atoms with E-state index in [1.807, 2.05) is 19.1 Å². The van der Waals surface area contributed by atoms with E-state index in [2.05, 4.69) is 19.2 Å². The molecule has 0 saturated carbocycles. The number of halogens is 1. The first kappa shape index (κ1) is 18.8. The van der Waals surface area contributed by atoms with Gasteiger partial charge in [0.05, 0.1) is 0 Å². The van der Waals surface area contributed by atoms with Crippen LogP contribution in [0.3, 0.4) is 0 Å². The van der Waals surface area contributed by atoms with Crippen LogP contribution in [0.1, 0.15) is 52.9 Å². The van der Waals surface area contributed by atoms with Crippen molar-refractivity contribution in [3.05, 3.63) is 29.3 Å². The fourth-order valence-corrected chi connectivity index (χ4v) is 2.51. The molecule has 1 aromatic rings. The van der Waals surface area contributed by atoms with Crippen LogP contribution in [-0.2, 0) is 4.79 Å². The van der Waals surface area contributed by atoms with Gasteiger partial charge in [-0.05, 0) is 37.0 Å². The molecule has 0 heterocycles. The van der Waals surface area contributed by atoms with Gasteiger partial charge in [0.1, 0.15) is 5.75 Å². The lowest BCUT2D eigenvalue weighted by molar-refractivity contribution is -0.128. The van der Waals surface area contributed by atoms with Crippen LogP contribution in [0.25, 0.3) is 0 Å². The van der Waals surface area contributed by atoms with E-state index in [-0.39, 0.29) is 5.91 Å². The highest BCUT2D eigenvalue weighted by molar-refractivity contribution is 6.30. The van der Waals surface area contributed by atoms with Crippen LogP contribution in [0.2, 0.25) is 5.02 Å². The Kier molecular flexibility index (Phi) is 8.98. The monoisotopic (exact) mass is 325 g/mol. The molecule has 0 bridgehead atoms. The average molecular weight is 326 g/mol. The Balaban J connectivity index is 2.50. The number of hydrogen-bond donors (Lipinski definition) is 1. The van der Waals surface area contributed by atoms with Crippen LogP contribution in [0.4, 0.5) is 0 Å². The molecule has 3 nitrogen and oxygen atoms in total. The van der Waals surface area contributed by atoms with Gasteiger partial charge in [0.25, 0.3) is 5.91 Å². The summed E-state index contributed by atoms with van der Waals surface area (Å²) in [5.41, 5.74) is 0. The summed E-state index contributed by atoms with van der Waals surface area (Å²) in [5.74, 6) is 1.14. The minimum absolute atomic E-state index is 0.0441. The lowest BCUT2D eigenvalue weighted by atomic mass is 9.99. The van der Waals surface area contributed by atoms with Crippen molar-refractivity contribution in [1.82, 2.24) is 5.32 Å². The molecule has 4 heteroatoms. The normalized spacial score (nSPS) is 13.5. The molecule has 0 spiro atoms. The molecule has 0 aromatic heterocycles. The maximum Gasteiger partial charge on any atom is 0.261 e. The van der Waals surface area contributed by atoms with Crippen molar-refractivity contribution < 1.29 is 9.53 Å². The Hall–Kier alpha value is -1.22. The highest BCUT2D eigenvalue weighted by Crippen LogP contribution is 2.19. The fourth-order valence-electron chi connectivity index (χ4n) is 2.33. The molecular formula is C18H28ClNO2. The molecule has 1 aromatic carbocycles. The summed E-state index contributed by atoms with van der Waals surface area (Å²) in [5, 5.41) is 3.64. The molecule has 2 atom stereocenters. The van der Waals surface area contributed by atoms with Crippen LogP contribution >= 0.6 is 11.6 Å². The number of carbonyl (C=O) groups is 1. The zero-order valence-electron chi connectivity index (χ0n) is 13.9. The second-order valence-corrected chi connectivity index (χ2v) is 6.07. The molecule has 0 saturated heterocycles. The van der Waals surface area contributed by atoms with Gasteiger partial charge in [0.15, 0.2) is 6.10 Å². The second-order valence-electron chi connectivity index (χ2n) is 5.63. The summed E-state index contributed by atoms with van der Waals surface area (Å²) < 4.78 is 5.76. The average Bonchev–Trinajstić information content (AvgIpc) is 2.52.